The van der Waals surface area contributed by atoms with Crippen LogP contribution in [0.2, 0.25) is 0 Å². The number of ether oxygens (including phenoxy) is 2. The van der Waals surface area contributed by atoms with Crippen molar-refractivity contribution in [3.63, 3.8) is 0 Å². The summed E-state index contributed by atoms with van der Waals surface area (Å²) in [4.78, 5) is 13.1. The van der Waals surface area contributed by atoms with Gasteiger partial charge >= 0.3 is 0 Å². The van der Waals surface area contributed by atoms with Gasteiger partial charge < -0.3 is 14.8 Å². The Morgan fingerprint density at radius 2 is 1.60 bits per heavy atom. The van der Waals surface area contributed by atoms with Gasteiger partial charge in [-0.15, -0.1) is 0 Å². The Hall–Kier alpha value is -4.11. The summed E-state index contributed by atoms with van der Waals surface area (Å²) in [6, 6.07) is 23.0. The van der Waals surface area contributed by atoms with Crippen molar-refractivity contribution < 1.29 is 22.7 Å². The van der Waals surface area contributed by atoms with Crippen LogP contribution in [-0.2, 0) is 16.4 Å². The largest absolute Gasteiger partial charge is 0.493 e. The molecule has 1 N–H and O–H groups in total. The van der Waals surface area contributed by atoms with Crippen molar-refractivity contribution in [3.8, 4) is 28.4 Å². The van der Waals surface area contributed by atoms with Gasteiger partial charge in [0.1, 0.15) is 0 Å². The lowest BCUT2D eigenvalue weighted by atomic mass is 10.1. The molecule has 1 aromatic heterocycles. The number of methoxy groups -OCH3 is 2. The summed E-state index contributed by atoms with van der Waals surface area (Å²) >= 11 is 0. The molecule has 1 amide bonds. The lowest BCUT2D eigenvalue weighted by molar-refractivity contribution is 0.0945. The van der Waals surface area contributed by atoms with Gasteiger partial charge in [0.25, 0.3) is 5.91 Å². The summed E-state index contributed by atoms with van der Waals surface area (Å²) < 4.78 is 36.1. The van der Waals surface area contributed by atoms with Gasteiger partial charge in [-0.3, -0.25) is 4.79 Å². The Morgan fingerprint density at radius 3 is 2.23 bits per heavy atom. The Kier molecular flexibility index (Phi) is 6.88. The van der Waals surface area contributed by atoms with E-state index in [1.165, 1.54) is 12.1 Å². The van der Waals surface area contributed by atoms with Gasteiger partial charge in [-0.05, 0) is 54.1 Å². The van der Waals surface area contributed by atoms with E-state index in [1.807, 2.05) is 36.4 Å². The molecule has 35 heavy (non-hydrogen) atoms. The molecule has 0 saturated heterocycles. The summed E-state index contributed by atoms with van der Waals surface area (Å²) in [7, 11) is -0.244. The minimum absolute atomic E-state index is 0.196. The third-order valence-electron chi connectivity index (χ3n) is 5.43. The fourth-order valence-corrected chi connectivity index (χ4v) is 4.22. The second-order valence-corrected chi connectivity index (χ2v) is 9.85. The number of nitrogens with zero attached hydrogens (tertiary/aromatic N) is 2. The van der Waals surface area contributed by atoms with Crippen molar-refractivity contribution in [1.29, 1.82) is 0 Å². The second-order valence-electron chi connectivity index (χ2n) is 7.83. The fourth-order valence-electron chi connectivity index (χ4n) is 3.59. The highest BCUT2D eigenvalue weighted by atomic mass is 32.2. The van der Waals surface area contributed by atoms with Crippen LogP contribution in [0.3, 0.4) is 0 Å². The zero-order valence-corrected chi connectivity index (χ0v) is 20.4. The van der Waals surface area contributed by atoms with E-state index < -0.39 is 9.84 Å². The minimum atomic E-state index is -3.35. The summed E-state index contributed by atoms with van der Waals surface area (Å²) in [5.74, 6) is 0.767. The van der Waals surface area contributed by atoms with Crippen LogP contribution in [0.5, 0.6) is 11.5 Å². The summed E-state index contributed by atoms with van der Waals surface area (Å²) in [5.41, 5.74) is 3.16. The molecule has 0 fully saturated rings. The van der Waals surface area contributed by atoms with E-state index in [2.05, 4.69) is 10.4 Å². The van der Waals surface area contributed by atoms with Gasteiger partial charge in [-0.2, -0.15) is 5.10 Å². The molecule has 8 nitrogen and oxygen atoms in total. The van der Waals surface area contributed by atoms with Gasteiger partial charge in [0.15, 0.2) is 27.0 Å². The minimum Gasteiger partial charge on any atom is -0.493 e. The molecule has 0 saturated carbocycles. The van der Waals surface area contributed by atoms with Gasteiger partial charge in [-0.1, -0.05) is 30.3 Å². The number of rotatable bonds is 8. The van der Waals surface area contributed by atoms with Crippen molar-refractivity contribution in [2.24, 2.45) is 0 Å². The maximum atomic E-state index is 12.9. The molecule has 0 atom stereocenters. The number of aromatic nitrogens is 2. The molecule has 0 spiro atoms. The van der Waals surface area contributed by atoms with Crippen molar-refractivity contribution in [1.82, 2.24) is 15.1 Å². The van der Waals surface area contributed by atoms with Crippen LogP contribution in [0, 0.1) is 0 Å². The van der Waals surface area contributed by atoms with Gasteiger partial charge in [0.05, 0.1) is 30.5 Å². The van der Waals surface area contributed by atoms with Crippen molar-refractivity contribution in [2.75, 3.05) is 20.5 Å². The molecule has 0 unspecified atom stereocenters. The lowest BCUT2D eigenvalue weighted by Crippen LogP contribution is -2.23. The Labute approximate surface area is 204 Å². The highest BCUT2D eigenvalue weighted by Crippen LogP contribution is 2.33. The molecule has 0 aliphatic rings. The van der Waals surface area contributed by atoms with Gasteiger partial charge in [0.2, 0.25) is 0 Å². The van der Waals surface area contributed by atoms with E-state index in [0.717, 1.165) is 17.4 Å². The molecular formula is C26H25N3O5S. The molecule has 0 aliphatic heterocycles. The molecule has 9 heteroatoms. The average Bonchev–Trinajstić information content (AvgIpc) is 3.32. The normalized spacial score (nSPS) is 11.2. The SMILES string of the molecule is COc1ccc(-c2cc(C(=O)NCc3ccccc3)nn2-c2ccc(S(C)(=O)=O)cc2)cc1OC. The van der Waals surface area contributed by atoms with Crippen LogP contribution < -0.4 is 14.8 Å². The number of amides is 1. The van der Waals surface area contributed by atoms with Crippen LogP contribution in [-0.4, -0.2) is 44.6 Å². The van der Waals surface area contributed by atoms with E-state index >= 15 is 0 Å². The molecule has 180 valence electrons. The van der Waals surface area contributed by atoms with E-state index in [4.69, 9.17) is 9.47 Å². The summed E-state index contributed by atoms with van der Waals surface area (Å²) in [6.07, 6.45) is 1.15. The number of hydrogen-bond donors (Lipinski definition) is 1. The number of sulfone groups is 1. The topological polar surface area (TPSA) is 99.5 Å². The first kappa shape index (κ1) is 24.0. The molecular weight excluding hydrogens is 466 g/mol. The lowest BCUT2D eigenvalue weighted by Gasteiger charge is -2.11. The average molecular weight is 492 g/mol. The predicted octanol–water partition coefficient (Wildman–Crippen LogP) is 3.89. The molecule has 0 radical (unpaired) electrons. The molecule has 4 aromatic rings. The smallest absolute Gasteiger partial charge is 0.272 e. The maximum absolute atomic E-state index is 12.9. The highest BCUT2D eigenvalue weighted by Gasteiger charge is 2.19. The van der Waals surface area contributed by atoms with E-state index in [-0.39, 0.29) is 16.5 Å². The molecule has 1 heterocycles. The van der Waals surface area contributed by atoms with Crippen LogP contribution in [0.4, 0.5) is 0 Å². The zero-order chi connectivity index (χ0) is 25.0. The Bertz CT molecular complexity index is 1450. The Morgan fingerprint density at radius 1 is 0.914 bits per heavy atom. The van der Waals surface area contributed by atoms with E-state index in [1.54, 1.807) is 49.2 Å². The summed E-state index contributed by atoms with van der Waals surface area (Å²) in [6.45, 7) is 0.362. The van der Waals surface area contributed by atoms with Gasteiger partial charge in [0, 0.05) is 18.4 Å². The molecule has 0 bridgehead atoms. The first-order valence-corrected chi connectivity index (χ1v) is 12.6. The number of carbonyl (C=O) groups excluding carboxylic acids is 1. The number of carbonyl (C=O) groups is 1. The molecule has 0 aliphatic carbocycles. The van der Waals surface area contributed by atoms with Crippen molar-refractivity contribution in [2.45, 2.75) is 11.4 Å². The van der Waals surface area contributed by atoms with Crippen LogP contribution >= 0.6 is 0 Å². The fraction of sp³-hybridized carbons (Fsp3) is 0.154. The first-order valence-electron chi connectivity index (χ1n) is 10.7. The quantitative estimate of drug-likeness (QED) is 0.402. The predicted molar refractivity (Wildman–Crippen MR) is 133 cm³/mol. The number of benzene rings is 3. The van der Waals surface area contributed by atoms with Crippen LogP contribution in [0.25, 0.3) is 16.9 Å². The number of hydrogen-bond acceptors (Lipinski definition) is 6. The third-order valence-corrected chi connectivity index (χ3v) is 6.56. The van der Waals surface area contributed by atoms with E-state index in [9.17, 15) is 13.2 Å². The number of nitrogens with one attached hydrogen (secondary N) is 1. The third kappa shape index (κ3) is 5.36. The second kappa shape index (κ2) is 10.0. The van der Waals surface area contributed by atoms with Gasteiger partial charge in [-0.25, -0.2) is 13.1 Å². The Balaban J connectivity index is 1.75. The summed E-state index contributed by atoms with van der Waals surface area (Å²) in [5, 5.41) is 7.43. The molecule has 4 rings (SSSR count). The maximum Gasteiger partial charge on any atom is 0.272 e. The highest BCUT2D eigenvalue weighted by molar-refractivity contribution is 7.90. The first-order chi connectivity index (χ1) is 16.8. The standard InChI is InChI=1S/C26H25N3O5S/c1-33-24-14-9-19(15-25(24)34-2)23-16-22(26(30)27-17-18-7-5-4-6-8-18)28-29(23)20-10-12-21(13-11-20)35(3,31)32/h4-16H,17H2,1-3H3,(H,27,30). The van der Waals surface area contributed by atoms with Crippen molar-refractivity contribution in [3.05, 3.63) is 90.1 Å². The van der Waals surface area contributed by atoms with E-state index in [0.29, 0.717) is 29.4 Å². The monoisotopic (exact) mass is 491 g/mol. The van der Waals surface area contributed by atoms with Crippen LogP contribution in [0.15, 0.2) is 83.8 Å². The van der Waals surface area contributed by atoms with Crippen molar-refractivity contribution >= 4 is 15.7 Å². The molecule has 3 aromatic carbocycles. The van der Waals surface area contributed by atoms with Crippen LogP contribution in [0.1, 0.15) is 16.1 Å². The zero-order valence-electron chi connectivity index (χ0n) is 19.6.